The van der Waals surface area contributed by atoms with Crippen LogP contribution in [0, 0.1) is 5.82 Å². The van der Waals surface area contributed by atoms with E-state index in [-0.39, 0.29) is 34.3 Å². The number of ether oxygens (including phenoxy) is 2. The SMILES string of the molecule is CCCCNC(=O)[C@H](Cc1ccccc1)N(Cc1ccc(Cl)c(Cl)c1)C(=O)CN(c1ccc(F)cc1)S(=O)(=O)c1ccc(OC)c(OC)c1. The molecule has 0 aromatic heterocycles. The molecule has 260 valence electrons. The van der Waals surface area contributed by atoms with Crippen molar-refractivity contribution in [3.63, 3.8) is 0 Å². The molecule has 4 rings (SSSR count). The topological polar surface area (TPSA) is 105 Å². The molecule has 0 radical (unpaired) electrons. The average molecular weight is 731 g/mol. The molecule has 0 unspecified atom stereocenters. The van der Waals surface area contributed by atoms with Gasteiger partial charge in [-0.3, -0.25) is 13.9 Å². The summed E-state index contributed by atoms with van der Waals surface area (Å²) in [5.74, 6) is -1.22. The number of carbonyl (C=O) groups is 2. The van der Waals surface area contributed by atoms with Crippen molar-refractivity contribution in [3.8, 4) is 11.5 Å². The zero-order chi connectivity index (χ0) is 35.6. The largest absolute Gasteiger partial charge is 0.493 e. The molecule has 4 aromatic rings. The Kier molecular flexibility index (Phi) is 13.3. The highest BCUT2D eigenvalue weighted by Gasteiger charge is 2.35. The van der Waals surface area contributed by atoms with Crippen LogP contribution in [0.25, 0.3) is 0 Å². The summed E-state index contributed by atoms with van der Waals surface area (Å²) in [4.78, 5) is 29.6. The van der Waals surface area contributed by atoms with E-state index in [2.05, 4.69) is 5.32 Å². The van der Waals surface area contributed by atoms with Crippen LogP contribution in [0.4, 0.5) is 10.1 Å². The fourth-order valence-electron chi connectivity index (χ4n) is 5.14. The number of nitrogens with one attached hydrogen (secondary N) is 1. The van der Waals surface area contributed by atoms with Gasteiger partial charge in [0.2, 0.25) is 11.8 Å². The van der Waals surface area contributed by atoms with Gasteiger partial charge in [0.25, 0.3) is 10.0 Å². The van der Waals surface area contributed by atoms with Crippen LogP contribution in [0.2, 0.25) is 10.0 Å². The highest BCUT2D eigenvalue weighted by Crippen LogP contribution is 2.33. The molecule has 1 atom stereocenters. The van der Waals surface area contributed by atoms with Gasteiger partial charge in [0, 0.05) is 25.6 Å². The molecule has 0 saturated carbocycles. The lowest BCUT2D eigenvalue weighted by Crippen LogP contribution is -2.53. The van der Waals surface area contributed by atoms with E-state index < -0.39 is 40.2 Å². The summed E-state index contributed by atoms with van der Waals surface area (Å²) < 4.78 is 54.1. The Morgan fingerprint density at radius 2 is 1.55 bits per heavy atom. The number of benzene rings is 4. The fraction of sp³-hybridized carbons (Fsp3) is 0.278. The van der Waals surface area contributed by atoms with Crippen LogP contribution in [-0.4, -0.2) is 58.5 Å². The number of hydrogen-bond acceptors (Lipinski definition) is 6. The first-order valence-corrected chi connectivity index (χ1v) is 17.7. The van der Waals surface area contributed by atoms with E-state index >= 15 is 0 Å². The van der Waals surface area contributed by atoms with E-state index in [1.807, 2.05) is 37.3 Å². The van der Waals surface area contributed by atoms with Crippen molar-refractivity contribution in [3.05, 3.63) is 118 Å². The van der Waals surface area contributed by atoms with E-state index in [9.17, 15) is 22.4 Å². The number of methoxy groups -OCH3 is 2. The van der Waals surface area contributed by atoms with Crippen LogP contribution in [0.5, 0.6) is 11.5 Å². The van der Waals surface area contributed by atoms with E-state index in [0.717, 1.165) is 34.8 Å². The van der Waals surface area contributed by atoms with Crippen molar-refractivity contribution < 1.29 is 31.9 Å². The first kappa shape index (κ1) is 37.5. The molecule has 0 saturated heterocycles. The van der Waals surface area contributed by atoms with Gasteiger partial charge in [0.1, 0.15) is 18.4 Å². The third-order valence-corrected chi connectivity index (χ3v) is 10.3. The van der Waals surface area contributed by atoms with Crippen molar-refractivity contribution in [2.45, 2.75) is 43.7 Å². The molecule has 0 aliphatic carbocycles. The summed E-state index contributed by atoms with van der Waals surface area (Å²) >= 11 is 12.5. The summed E-state index contributed by atoms with van der Waals surface area (Å²) in [5, 5.41) is 3.50. The maximum atomic E-state index is 14.6. The maximum Gasteiger partial charge on any atom is 0.264 e. The second kappa shape index (κ2) is 17.4. The molecule has 0 aliphatic rings. The highest BCUT2D eigenvalue weighted by atomic mass is 35.5. The number of rotatable bonds is 16. The number of nitrogens with zero attached hydrogens (tertiary/aromatic N) is 2. The third kappa shape index (κ3) is 9.65. The molecule has 0 aliphatic heterocycles. The molecule has 0 heterocycles. The monoisotopic (exact) mass is 729 g/mol. The van der Waals surface area contributed by atoms with Crippen molar-refractivity contribution in [1.29, 1.82) is 0 Å². The van der Waals surface area contributed by atoms with Crippen molar-refractivity contribution in [2.24, 2.45) is 0 Å². The number of unbranched alkanes of at least 4 members (excludes halogenated alkanes) is 1. The molecule has 4 aromatic carbocycles. The van der Waals surface area contributed by atoms with Gasteiger partial charge in [0.15, 0.2) is 11.5 Å². The standard InChI is InChI=1S/C36H38Cl2FN3O6S/c1-4-5-19-40-36(44)32(21-25-9-7-6-8-10-25)41(23-26-11-17-30(37)31(38)20-26)35(43)24-42(28-14-12-27(39)13-15-28)49(45,46)29-16-18-33(47-2)34(22-29)48-3/h6-18,20,22,32H,4-5,19,21,23-24H2,1-3H3,(H,40,44)/t32-/m0/s1. The molecule has 0 spiro atoms. The lowest BCUT2D eigenvalue weighted by molar-refractivity contribution is -0.140. The van der Waals surface area contributed by atoms with Crippen LogP contribution < -0.4 is 19.1 Å². The van der Waals surface area contributed by atoms with Crippen molar-refractivity contribution in [2.75, 3.05) is 31.6 Å². The number of halogens is 3. The minimum absolute atomic E-state index is 0.0334. The van der Waals surface area contributed by atoms with Gasteiger partial charge in [0.05, 0.1) is 34.8 Å². The molecule has 2 amide bonds. The molecule has 13 heteroatoms. The molecule has 49 heavy (non-hydrogen) atoms. The lowest BCUT2D eigenvalue weighted by atomic mass is 10.0. The Morgan fingerprint density at radius 3 is 2.18 bits per heavy atom. The Morgan fingerprint density at radius 1 is 0.857 bits per heavy atom. The Balaban J connectivity index is 1.82. The molecule has 0 bridgehead atoms. The van der Waals surface area contributed by atoms with E-state index in [4.69, 9.17) is 32.7 Å². The van der Waals surface area contributed by atoms with Crippen LogP contribution >= 0.6 is 23.2 Å². The average Bonchev–Trinajstić information content (AvgIpc) is 3.10. The maximum absolute atomic E-state index is 14.6. The van der Waals surface area contributed by atoms with Crippen molar-refractivity contribution >= 4 is 50.7 Å². The first-order chi connectivity index (χ1) is 23.5. The van der Waals surface area contributed by atoms with Gasteiger partial charge in [-0.15, -0.1) is 0 Å². The lowest BCUT2D eigenvalue weighted by Gasteiger charge is -2.34. The van der Waals surface area contributed by atoms with Crippen LogP contribution in [0.1, 0.15) is 30.9 Å². The second-order valence-corrected chi connectivity index (χ2v) is 13.8. The van der Waals surface area contributed by atoms with Crippen LogP contribution in [-0.2, 0) is 32.6 Å². The third-order valence-electron chi connectivity index (χ3n) is 7.77. The van der Waals surface area contributed by atoms with Gasteiger partial charge in [-0.25, -0.2) is 12.8 Å². The van der Waals surface area contributed by atoms with Gasteiger partial charge in [-0.1, -0.05) is 72.9 Å². The molecular weight excluding hydrogens is 692 g/mol. The van der Waals surface area contributed by atoms with E-state index in [0.29, 0.717) is 22.9 Å². The molecule has 1 N–H and O–H groups in total. The van der Waals surface area contributed by atoms with Crippen LogP contribution in [0.3, 0.4) is 0 Å². The quantitative estimate of drug-likeness (QED) is 0.126. The summed E-state index contributed by atoms with van der Waals surface area (Å²) in [7, 11) is -1.68. The van der Waals surface area contributed by atoms with E-state index in [1.165, 1.54) is 49.5 Å². The number of amides is 2. The number of carbonyl (C=O) groups excluding carboxylic acids is 2. The second-order valence-electron chi connectivity index (χ2n) is 11.1. The number of hydrogen-bond donors (Lipinski definition) is 1. The normalized spacial score (nSPS) is 11.8. The number of anilines is 1. The van der Waals surface area contributed by atoms with Crippen molar-refractivity contribution in [1.82, 2.24) is 10.2 Å². The van der Waals surface area contributed by atoms with Gasteiger partial charge in [-0.2, -0.15) is 0 Å². The summed E-state index contributed by atoms with van der Waals surface area (Å²) in [6.07, 6.45) is 1.72. The molecular formula is C36H38Cl2FN3O6S. The predicted molar refractivity (Wildman–Crippen MR) is 189 cm³/mol. The van der Waals surface area contributed by atoms with Gasteiger partial charge >= 0.3 is 0 Å². The van der Waals surface area contributed by atoms with Gasteiger partial charge in [-0.05, 0) is 66.1 Å². The Hall–Kier alpha value is -4.32. The Labute approximate surface area is 296 Å². The molecule has 9 nitrogen and oxygen atoms in total. The first-order valence-electron chi connectivity index (χ1n) is 15.5. The van der Waals surface area contributed by atoms with Crippen LogP contribution in [0.15, 0.2) is 95.9 Å². The minimum atomic E-state index is -4.47. The van der Waals surface area contributed by atoms with E-state index in [1.54, 1.807) is 18.2 Å². The summed E-state index contributed by atoms with van der Waals surface area (Å²) in [5.41, 5.74) is 1.39. The fourth-order valence-corrected chi connectivity index (χ4v) is 6.89. The predicted octanol–water partition coefficient (Wildman–Crippen LogP) is 6.90. The minimum Gasteiger partial charge on any atom is -0.493 e. The zero-order valence-corrected chi connectivity index (χ0v) is 29.7. The number of sulfonamides is 1. The smallest absolute Gasteiger partial charge is 0.264 e. The highest BCUT2D eigenvalue weighted by molar-refractivity contribution is 7.92. The molecule has 0 fully saturated rings. The Bertz CT molecular complexity index is 1850. The summed E-state index contributed by atoms with van der Waals surface area (Å²) in [6, 6.07) is 21.8. The zero-order valence-electron chi connectivity index (χ0n) is 27.4. The van der Waals surface area contributed by atoms with Gasteiger partial charge < -0.3 is 19.7 Å². The summed E-state index contributed by atoms with van der Waals surface area (Å²) in [6.45, 7) is 1.57.